The van der Waals surface area contributed by atoms with Crippen LogP contribution in [0.15, 0.2) is 70.8 Å². The first-order valence-corrected chi connectivity index (χ1v) is 12.3. The molecule has 168 valence electrons. The summed E-state index contributed by atoms with van der Waals surface area (Å²) in [5.74, 6) is 1.42. The van der Waals surface area contributed by atoms with Gasteiger partial charge in [-0.25, -0.2) is 5.01 Å². The van der Waals surface area contributed by atoms with Crippen LogP contribution >= 0.6 is 11.8 Å². The van der Waals surface area contributed by atoms with Gasteiger partial charge in [0.2, 0.25) is 0 Å². The van der Waals surface area contributed by atoms with Gasteiger partial charge in [0.15, 0.2) is 11.3 Å². The van der Waals surface area contributed by atoms with E-state index in [9.17, 15) is 4.79 Å². The number of hydrogen-bond donors (Lipinski definition) is 1. The first-order valence-electron chi connectivity index (χ1n) is 11.3. The van der Waals surface area contributed by atoms with Gasteiger partial charge in [-0.3, -0.25) is 15.1 Å². The number of unbranched alkanes of at least 4 members (excludes halogenated alkanes) is 1. The molecular formula is C26H26N4O2S. The number of rotatable bonds is 6. The highest BCUT2D eigenvalue weighted by molar-refractivity contribution is 8.13. The summed E-state index contributed by atoms with van der Waals surface area (Å²) in [6.07, 6.45) is 1.50. The lowest BCUT2D eigenvalue weighted by atomic mass is 9.99. The molecule has 2 aliphatic rings. The standard InChI is InChI=1S/C26H26N4O2S/c1-3-5-16-32-21-15-14-17-10-6-7-11-18(17)22(21)24-27-20-13-9-8-12-19(20)23-25(31)28-26(33-4-2)29-30(23)24/h6-15,24H,3-5,16H2,1-2H3,(H,28,29,31). The van der Waals surface area contributed by atoms with Crippen molar-refractivity contribution in [2.75, 3.05) is 12.4 Å². The van der Waals surface area contributed by atoms with E-state index in [0.29, 0.717) is 17.5 Å². The number of nitrogens with one attached hydrogen (secondary N) is 1. The summed E-state index contributed by atoms with van der Waals surface area (Å²) in [5, 5.41) is 13.8. The molecule has 0 spiro atoms. The molecule has 0 saturated heterocycles. The molecule has 2 heterocycles. The number of carbonyl (C=O) groups excluding carboxylic acids is 1. The minimum Gasteiger partial charge on any atom is -0.493 e. The fourth-order valence-electron chi connectivity index (χ4n) is 4.21. The van der Waals surface area contributed by atoms with Crippen molar-refractivity contribution in [3.8, 4) is 5.75 Å². The molecule has 0 saturated carbocycles. The zero-order valence-corrected chi connectivity index (χ0v) is 19.6. The maximum Gasteiger partial charge on any atom is 0.276 e. The second-order valence-electron chi connectivity index (χ2n) is 7.91. The van der Waals surface area contributed by atoms with Gasteiger partial charge in [-0.15, -0.1) is 5.10 Å². The highest BCUT2D eigenvalue weighted by atomic mass is 32.2. The minimum atomic E-state index is -0.517. The maximum absolute atomic E-state index is 13.3. The van der Waals surface area contributed by atoms with Crippen LogP contribution in [0.5, 0.6) is 5.75 Å². The molecule has 3 aromatic carbocycles. The summed E-state index contributed by atoms with van der Waals surface area (Å²) in [5.41, 5.74) is 1.44. The minimum absolute atomic E-state index is 0.165. The highest BCUT2D eigenvalue weighted by Crippen LogP contribution is 2.40. The van der Waals surface area contributed by atoms with Gasteiger partial charge in [-0.05, 0) is 35.1 Å². The predicted octanol–water partition coefficient (Wildman–Crippen LogP) is 3.91. The van der Waals surface area contributed by atoms with E-state index in [1.54, 1.807) is 5.01 Å². The Morgan fingerprint density at radius 3 is 2.73 bits per heavy atom. The molecule has 7 heteroatoms. The largest absolute Gasteiger partial charge is 0.493 e. The summed E-state index contributed by atoms with van der Waals surface area (Å²) < 4.78 is 6.26. The zero-order valence-electron chi connectivity index (χ0n) is 18.7. The second-order valence-corrected chi connectivity index (χ2v) is 9.16. The molecule has 0 aromatic heterocycles. The molecule has 1 amide bonds. The van der Waals surface area contributed by atoms with E-state index in [-0.39, 0.29) is 5.91 Å². The van der Waals surface area contributed by atoms with Crippen LogP contribution in [0, 0.1) is 0 Å². The van der Waals surface area contributed by atoms with Crippen molar-refractivity contribution >= 4 is 39.3 Å². The lowest BCUT2D eigenvalue weighted by molar-refractivity contribution is -0.116. The SMILES string of the molecule is CCCCOc1ccc2ccccc2c1C1N=c2ccccc2=C2C(=O)NC(SCC)=NN21. The maximum atomic E-state index is 13.3. The average molecular weight is 459 g/mol. The molecule has 1 atom stereocenters. The monoisotopic (exact) mass is 458 g/mol. The van der Waals surface area contributed by atoms with Gasteiger partial charge in [0.25, 0.3) is 5.91 Å². The van der Waals surface area contributed by atoms with E-state index < -0.39 is 6.17 Å². The van der Waals surface area contributed by atoms with Crippen LogP contribution < -0.4 is 20.6 Å². The highest BCUT2D eigenvalue weighted by Gasteiger charge is 2.36. The Morgan fingerprint density at radius 1 is 1.06 bits per heavy atom. The number of thioether (sulfide) groups is 1. The third-order valence-electron chi connectivity index (χ3n) is 5.74. The quantitative estimate of drug-likeness (QED) is 0.569. The number of nitrogens with zero attached hydrogens (tertiary/aromatic N) is 3. The number of benzene rings is 3. The summed E-state index contributed by atoms with van der Waals surface area (Å²) in [7, 11) is 0. The normalized spacial score (nSPS) is 17.1. The topological polar surface area (TPSA) is 66.3 Å². The number of ether oxygens (including phenoxy) is 1. The van der Waals surface area contributed by atoms with Crippen LogP contribution in [0.1, 0.15) is 38.4 Å². The Kier molecular flexibility index (Phi) is 6.05. The van der Waals surface area contributed by atoms with Crippen LogP contribution in [0.3, 0.4) is 0 Å². The van der Waals surface area contributed by atoms with Crippen LogP contribution in [0.25, 0.3) is 16.5 Å². The van der Waals surface area contributed by atoms with Gasteiger partial charge in [0, 0.05) is 10.8 Å². The number of amidine groups is 1. The summed E-state index contributed by atoms with van der Waals surface area (Å²) in [6.45, 7) is 4.81. The Morgan fingerprint density at radius 2 is 1.88 bits per heavy atom. The van der Waals surface area contributed by atoms with Gasteiger partial charge in [0.1, 0.15) is 11.4 Å². The van der Waals surface area contributed by atoms with Crippen molar-refractivity contribution in [3.63, 3.8) is 0 Å². The first kappa shape index (κ1) is 21.5. The van der Waals surface area contributed by atoms with Crippen LogP contribution in [0.4, 0.5) is 0 Å². The van der Waals surface area contributed by atoms with Crippen molar-refractivity contribution in [1.82, 2.24) is 10.3 Å². The molecule has 0 radical (unpaired) electrons. The van der Waals surface area contributed by atoms with Gasteiger partial charge >= 0.3 is 0 Å². The van der Waals surface area contributed by atoms with Crippen molar-refractivity contribution < 1.29 is 9.53 Å². The molecule has 0 bridgehead atoms. The van der Waals surface area contributed by atoms with Crippen LogP contribution in [-0.4, -0.2) is 28.4 Å². The number of fused-ring (bicyclic) bond motifs is 3. The van der Waals surface area contributed by atoms with E-state index in [0.717, 1.165) is 51.3 Å². The molecule has 5 rings (SSSR count). The zero-order chi connectivity index (χ0) is 22.8. The molecule has 0 aliphatic carbocycles. The lowest BCUT2D eigenvalue weighted by Crippen LogP contribution is -2.50. The molecular weight excluding hydrogens is 432 g/mol. The molecule has 6 nitrogen and oxygen atoms in total. The fourth-order valence-corrected chi connectivity index (χ4v) is 4.80. The fraction of sp³-hybridized carbons (Fsp3) is 0.269. The number of hydrogen-bond acceptors (Lipinski definition) is 6. The van der Waals surface area contributed by atoms with Crippen molar-refractivity contribution in [3.05, 3.63) is 76.8 Å². The Balaban J connectivity index is 1.76. The number of amides is 1. The van der Waals surface area contributed by atoms with Crippen LogP contribution in [0.2, 0.25) is 0 Å². The number of hydrazone groups is 1. The molecule has 1 N–H and O–H groups in total. The van der Waals surface area contributed by atoms with Crippen molar-refractivity contribution in [2.24, 2.45) is 10.1 Å². The molecule has 33 heavy (non-hydrogen) atoms. The van der Waals surface area contributed by atoms with Gasteiger partial charge in [-0.2, -0.15) is 0 Å². The molecule has 1 unspecified atom stereocenters. The number of carbonyl (C=O) groups is 1. The van der Waals surface area contributed by atoms with Gasteiger partial charge < -0.3 is 4.74 Å². The average Bonchev–Trinajstić information content (AvgIpc) is 2.83. The van der Waals surface area contributed by atoms with E-state index in [2.05, 4.69) is 30.4 Å². The van der Waals surface area contributed by atoms with Crippen molar-refractivity contribution in [1.29, 1.82) is 0 Å². The van der Waals surface area contributed by atoms with Crippen LogP contribution in [-0.2, 0) is 4.79 Å². The lowest BCUT2D eigenvalue weighted by Gasteiger charge is -2.35. The Hall–Kier alpha value is -3.32. The number of para-hydroxylation sites is 1. The molecule has 2 aliphatic heterocycles. The summed E-state index contributed by atoms with van der Waals surface area (Å²) in [4.78, 5) is 18.4. The Labute approximate surface area is 197 Å². The Bertz CT molecular complexity index is 1370. The molecule has 0 fully saturated rings. The predicted molar refractivity (Wildman–Crippen MR) is 133 cm³/mol. The van der Waals surface area contributed by atoms with E-state index >= 15 is 0 Å². The van der Waals surface area contributed by atoms with E-state index in [1.165, 1.54) is 11.8 Å². The van der Waals surface area contributed by atoms with Gasteiger partial charge in [0.05, 0.1) is 12.0 Å². The third-order valence-corrected chi connectivity index (χ3v) is 6.49. The summed E-state index contributed by atoms with van der Waals surface area (Å²) in [6, 6.07) is 20.0. The summed E-state index contributed by atoms with van der Waals surface area (Å²) >= 11 is 1.51. The first-order chi connectivity index (χ1) is 16.2. The van der Waals surface area contributed by atoms with E-state index in [4.69, 9.17) is 14.8 Å². The molecule has 3 aromatic rings. The van der Waals surface area contributed by atoms with Crippen molar-refractivity contribution in [2.45, 2.75) is 32.9 Å². The second kappa shape index (κ2) is 9.27. The van der Waals surface area contributed by atoms with E-state index in [1.807, 2.05) is 49.4 Å². The smallest absolute Gasteiger partial charge is 0.276 e. The van der Waals surface area contributed by atoms with Gasteiger partial charge in [-0.1, -0.05) is 80.6 Å². The third kappa shape index (κ3) is 3.97.